The minimum atomic E-state index is -4.34. The maximum atomic E-state index is 12.3. The van der Waals surface area contributed by atoms with E-state index in [0.29, 0.717) is 19.4 Å². The van der Waals surface area contributed by atoms with Crippen LogP contribution < -0.4 is 0 Å². The van der Waals surface area contributed by atoms with Crippen LogP contribution in [0.15, 0.2) is 0 Å². The number of hydrogen-bond acceptors (Lipinski definition) is 2. The van der Waals surface area contributed by atoms with Gasteiger partial charge in [-0.2, -0.15) is 13.2 Å². The molecule has 16 heavy (non-hydrogen) atoms. The van der Waals surface area contributed by atoms with Gasteiger partial charge >= 0.3 is 6.18 Å². The van der Waals surface area contributed by atoms with E-state index in [2.05, 4.69) is 0 Å². The first kappa shape index (κ1) is 13.3. The summed E-state index contributed by atoms with van der Waals surface area (Å²) in [7, 11) is 0. The van der Waals surface area contributed by atoms with Gasteiger partial charge in [0.2, 0.25) is 5.91 Å². The number of rotatable bonds is 4. The summed E-state index contributed by atoms with van der Waals surface area (Å²) in [5, 5.41) is 0. The van der Waals surface area contributed by atoms with Crippen LogP contribution in [0.25, 0.3) is 0 Å². The lowest BCUT2D eigenvalue weighted by atomic mass is 10.2. The van der Waals surface area contributed by atoms with Crippen LogP contribution in [0, 0.1) is 0 Å². The third-order valence-corrected chi connectivity index (χ3v) is 2.48. The monoisotopic (exact) mass is 239 g/mol. The minimum absolute atomic E-state index is 0.159. The topological polar surface area (TPSA) is 29.5 Å². The Morgan fingerprint density at radius 2 is 2.19 bits per heavy atom. The van der Waals surface area contributed by atoms with Gasteiger partial charge in [-0.15, -0.1) is 0 Å². The van der Waals surface area contributed by atoms with Crippen molar-refractivity contribution < 1.29 is 22.7 Å². The van der Waals surface area contributed by atoms with E-state index < -0.39 is 24.7 Å². The molecule has 94 valence electrons. The van der Waals surface area contributed by atoms with E-state index in [0.717, 1.165) is 4.90 Å². The Morgan fingerprint density at radius 1 is 1.50 bits per heavy atom. The van der Waals surface area contributed by atoms with E-state index in [4.69, 9.17) is 4.74 Å². The van der Waals surface area contributed by atoms with Crippen molar-refractivity contribution >= 4 is 5.91 Å². The quantitative estimate of drug-likeness (QED) is 0.750. The zero-order valence-corrected chi connectivity index (χ0v) is 9.22. The van der Waals surface area contributed by atoms with Crippen molar-refractivity contribution in [2.75, 3.05) is 19.8 Å². The van der Waals surface area contributed by atoms with Crippen LogP contribution in [-0.2, 0) is 9.53 Å². The Labute approximate surface area is 92.5 Å². The smallest absolute Gasteiger partial charge is 0.379 e. The summed E-state index contributed by atoms with van der Waals surface area (Å²) in [4.78, 5) is 12.5. The molecule has 0 aliphatic carbocycles. The van der Waals surface area contributed by atoms with Crippen molar-refractivity contribution in [3.63, 3.8) is 0 Å². The zero-order valence-electron chi connectivity index (χ0n) is 9.22. The summed E-state index contributed by atoms with van der Waals surface area (Å²) >= 11 is 0. The normalized spacial score (nSPS) is 21.1. The molecule has 0 aromatic rings. The highest BCUT2D eigenvalue weighted by molar-refractivity contribution is 5.76. The summed E-state index contributed by atoms with van der Waals surface area (Å²) in [6, 6.07) is -0.416. The molecule has 0 aromatic carbocycles. The molecule has 0 unspecified atom stereocenters. The Bertz CT molecular complexity index is 237. The molecule has 1 rings (SSSR count). The molecule has 0 N–H and O–H groups in total. The van der Waals surface area contributed by atoms with Crippen LogP contribution in [0.1, 0.15) is 26.2 Å². The van der Waals surface area contributed by atoms with Crippen molar-refractivity contribution in [1.29, 1.82) is 0 Å². The van der Waals surface area contributed by atoms with Gasteiger partial charge in [0.25, 0.3) is 0 Å². The van der Waals surface area contributed by atoms with Gasteiger partial charge in [0.1, 0.15) is 6.54 Å². The van der Waals surface area contributed by atoms with Crippen LogP contribution in [-0.4, -0.2) is 42.8 Å². The molecular formula is C10H16F3NO2. The SMILES string of the molecule is CCCC(=O)N(CC(F)(F)F)[C@H]1CCOC1. The van der Waals surface area contributed by atoms with Gasteiger partial charge in [0, 0.05) is 13.0 Å². The van der Waals surface area contributed by atoms with E-state index >= 15 is 0 Å². The predicted molar refractivity (Wildman–Crippen MR) is 51.9 cm³/mol. The van der Waals surface area contributed by atoms with E-state index in [1.165, 1.54) is 0 Å². The number of ether oxygens (including phenoxy) is 1. The van der Waals surface area contributed by atoms with Gasteiger partial charge in [-0.25, -0.2) is 0 Å². The van der Waals surface area contributed by atoms with E-state index in [9.17, 15) is 18.0 Å². The second kappa shape index (κ2) is 5.52. The molecule has 0 aromatic heterocycles. The first-order valence-corrected chi connectivity index (χ1v) is 5.38. The second-order valence-electron chi connectivity index (χ2n) is 3.90. The van der Waals surface area contributed by atoms with Crippen LogP contribution >= 0.6 is 0 Å². The van der Waals surface area contributed by atoms with Crippen LogP contribution in [0.4, 0.5) is 13.2 Å². The predicted octanol–water partition coefficient (Wildman–Crippen LogP) is 1.97. The fourth-order valence-corrected chi connectivity index (χ4v) is 1.74. The van der Waals surface area contributed by atoms with Crippen LogP contribution in [0.2, 0.25) is 0 Å². The Hall–Kier alpha value is -0.780. The number of halogens is 3. The standard InChI is InChI=1S/C10H16F3NO2/c1-2-3-9(15)14(7-10(11,12)13)8-4-5-16-6-8/h8H,2-7H2,1H3/t8-/m0/s1. The highest BCUT2D eigenvalue weighted by Crippen LogP contribution is 2.22. The number of carbonyl (C=O) groups excluding carboxylic acids is 1. The maximum absolute atomic E-state index is 12.3. The molecule has 1 aliphatic rings. The number of hydrogen-bond donors (Lipinski definition) is 0. The van der Waals surface area contributed by atoms with E-state index in [1.54, 1.807) is 6.92 Å². The van der Waals surface area contributed by atoms with E-state index in [-0.39, 0.29) is 13.0 Å². The Morgan fingerprint density at radius 3 is 2.62 bits per heavy atom. The summed E-state index contributed by atoms with van der Waals surface area (Å²) in [6.45, 7) is 1.25. The maximum Gasteiger partial charge on any atom is 0.406 e. The van der Waals surface area contributed by atoms with Crippen molar-refractivity contribution in [2.24, 2.45) is 0 Å². The molecule has 1 saturated heterocycles. The molecule has 0 saturated carbocycles. The molecule has 0 spiro atoms. The molecule has 1 heterocycles. The highest BCUT2D eigenvalue weighted by atomic mass is 19.4. The van der Waals surface area contributed by atoms with E-state index in [1.807, 2.05) is 0 Å². The third kappa shape index (κ3) is 4.00. The molecule has 6 heteroatoms. The average molecular weight is 239 g/mol. The Balaban J connectivity index is 2.64. The zero-order chi connectivity index (χ0) is 12.2. The van der Waals surface area contributed by atoms with Crippen molar-refractivity contribution in [3.05, 3.63) is 0 Å². The third-order valence-electron chi connectivity index (χ3n) is 2.48. The molecule has 0 radical (unpaired) electrons. The largest absolute Gasteiger partial charge is 0.406 e. The fourth-order valence-electron chi connectivity index (χ4n) is 1.74. The first-order valence-electron chi connectivity index (χ1n) is 5.38. The number of amides is 1. The minimum Gasteiger partial charge on any atom is -0.379 e. The van der Waals surface area contributed by atoms with Gasteiger partial charge in [-0.3, -0.25) is 4.79 Å². The molecule has 1 atom stereocenters. The fraction of sp³-hybridized carbons (Fsp3) is 0.900. The average Bonchev–Trinajstić information content (AvgIpc) is 2.65. The molecule has 3 nitrogen and oxygen atoms in total. The van der Waals surface area contributed by atoms with Gasteiger partial charge < -0.3 is 9.64 Å². The highest BCUT2D eigenvalue weighted by Gasteiger charge is 2.37. The summed E-state index contributed by atoms with van der Waals surface area (Å²) in [5.74, 6) is -0.435. The summed E-state index contributed by atoms with van der Waals surface area (Å²) < 4.78 is 42.0. The molecule has 0 bridgehead atoms. The van der Waals surface area contributed by atoms with Crippen molar-refractivity contribution in [3.8, 4) is 0 Å². The molecule has 1 amide bonds. The van der Waals surface area contributed by atoms with Crippen LogP contribution in [0.3, 0.4) is 0 Å². The molecule has 1 fully saturated rings. The number of alkyl halides is 3. The van der Waals surface area contributed by atoms with Gasteiger partial charge in [0.15, 0.2) is 0 Å². The number of nitrogens with zero attached hydrogens (tertiary/aromatic N) is 1. The lowest BCUT2D eigenvalue weighted by Gasteiger charge is -2.28. The summed E-state index contributed by atoms with van der Waals surface area (Å²) in [6.07, 6.45) is -3.13. The van der Waals surface area contributed by atoms with Crippen LogP contribution in [0.5, 0.6) is 0 Å². The first-order chi connectivity index (χ1) is 7.44. The molecular weight excluding hydrogens is 223 g/mol. The number of carbonyl (C=O) groups is 1. The molecule has 1 aliphatic heterocycles. The lowest BCUT2D eigenvalue weighted by Crippen LogP contribution is -2.45. The van der Waals surface area contributed by atoms with Crippen molar-refractivity contribution in [2.45, 2.75) is 38.4 Å². The van der Waals surface area contributed by atoms with Crippen molar-refractivity contribution in [1.82, 2.24) is 4.90 Å². The summed E-state index contributed by atoms with van der Waals surface area (Å²) in [5.41, 5.74) is 0. The van der Waals surface area contributed by atoms with Gasteiger partial charge in [-0.05, 0) is 12.8 Å². The Kier molecular flexibility index (Phi) is 4.58. The second-order valence-corrected chi connectivity index (χ2v) is 3.90. The van der Waals surface area contributed by atoms with Gasteiger partial charge in [0.05, 0.1) is 12.6 Å². The van der Waals surface area contributed by atoms with Gasteiger partial charge in [-0.1, -0.05) is 6.92 Å². The lowest BCUT2D eigenvalue weighted by molar-refractivity contribution is -0.165.